The van der Waals surface area contributed by atoms with Gasteiger partial charge in [-0.2, -0.15) is 5.10 Å². The second kappa shape index (κ2) is 6.07. The molecule has 0 fully saturated rings. The summed E-state index contributed by atoms with van der Waals surface area (Å²) in [5.74, 6) is 0.775. The summed E-state index contributed by atoms with van der Waals surface area (Å²) >= 11 is 7.07. The molecule has 0 spiro atoms. The zero-order valence-corrected chi connectivity index (χ0v) is 14.1. The van der Waals surface area contributed by atoms with Gasteiger partial charge in [0.25, 0.3) is 0 Å². The minimum atomic E-state index is 0.00456. The van der Waals surface area contributed by atoms with Gasteiger partial charge >= 0.3 is 0 Å². The van der Waals surface area contributed by atoms with Crippen molar-refractivity contribution in [2.75, 3.05) is 14.2 Å². The van der Waals surface area contributed by atoms with Gasteiger partial charge in [0, 0.05) is 16.0 Å². The number of aryl methyl sites for hydroxylation is 1. The first-order valence-corrected chi connectivity index (χ1v) is 7.35. The van der Waals surface area contributed by atoms with Crippen LogP contribution in [-0.2, 0) is 7.05 Å². The zero-order valence-electron chi connectivity index (χ0n) is 10.9. The van der Waals surface area contributed by atoms with Crippen LogP contribution < -0.4 is 10.1 Å². The first-order valence-electron chi connectivity index (χ1n) is 5.76. The molecule has 0 bridgehead atoms. The van der Waals surface area contributed by atoms with E-state index in [2.05, 4.69) is 48.3 Å². The second-order valence-corrected chi connectivity index (χ2v) is 5.88. The maximum absolute atomic E-state index is 5.39. The maximum Gasteiger partial charge on any atom is 0.161 e. The number of hydrogen-bond acceptors (Lipinski definition) is 3. The van der Waals surface area contributed by atoms with E-state index in [1.54, 1.807) is 13.3 Å². The van der Waals surface area contributed by atoms with Crippen LogP contribution in [0.25, 0.3) is 0 Å². The molecule has 19 heavy (non-hydrogen) atoms. The fraction of sp³-hybridized carbons (Fsp3) is 0.308. The van der Waals surface area contributed by atoms with E-state index in [-0.39, 0.29) is 6.04 Å². The summed E-state index contributed by atoms with van der Waals surface area (Å²) in [4.78, 5) is 0. The van der Waals surface area contributed by atoms with E-state index in [9.17, 15) is 0 Å². The highest BCUT2D eigenvalue weighted by Crippen LogP contribution is 2.34. The maximum atomic E-state index is 5.39. The van der Waals surface area contributed by atoms with Gasteiger partial charge in [0.05, 0.1) is 19.3 Å². The summed E-state index contributed by atoms with van der Waals surface area (Å²) in [6.07, 6.45) is 1.73. The van der Waals surface area contributed by atoms with Gasteiger partial charge in [-0.05, 0) is 24.7 Å². The number of aromatic nitrogens is 2. The highest BCUT2D eigenvalue weighted by molar-refractivity contribution is 9.11. The number of halogens is 2. The predicted octanol–water partition coefficient (Wildman–Crippen LogP) is 3.26. The Balaban J connectivity index is 2.52. The largest absolute Gasteiger partial charge is 0.493 e. The van der Waals surface area contributed by atoms with Crippen molar-refractivity contribution in [1.82, 2.24) is 15.1 Å². The number of ether oxygens (including phenoxy) is 1. The molecule has 0 radical (unpaired) electrons. The first-order chi connectivity index (χ1) is 9.08. The van der Waals surface area contributed by atoms with Crippen molar-refractivity contribution in [1.29, 1.82) is 0 Å². The molecule has 1 heterocycles. The molecule has 0 aliphatic rings. The second-order valence-electron chi connectivity index (χ2n) is 4.11. The van der Waals surface area contributed by atoms with Crippen LogP contribution in [-0.4, -0.2) is 23.9 Å². The molecule has 1 unspecified atom stereocenters. The molecule has 1 N–H and O–H groups in total. The van der Waals surface area contributed by atoms with E-state index in [0.29, 0.717) is 0 Å². The fourth-order valence-corrected chi connectivity index (χ4v) is 3.36. The van der Waals surface area contributed by atoms with Crippen molar-refractivity contribution in [3.05, 3.63) is 44.6 Å². The number of rotatable bonds is 4. The molecule has 4 nitrogen and oxygen atoms in total. The van der Waals surface area contributed by atoms with E-state index in [4.69, 9.17) is 4.74 Å². The molecule has 0 saturated carbocycles. The van der Waals surface area contributed by atoms with Crippen LogP contribution in [0.15, 0.2) is 33.3 Å². The van der Waals surface area contributed by atoms with E-state index in [0.717, 1.165) is 26.0 Å². The van der Waals surface area contributed by atoms with E-state index in [1.165, 1.54) is 0 Å². The average Bonchev–Trinajstić information content (AvgIpc) is 2.74. The lowest BCUT2D eigenvalue weighted by Crippen LogP contribution is -2.21. The summed E-state index contributed by atoms with van der Waals surface area (Å²) in [7, 11) is 5.49. The Labute approximate surface area is 129 Å². The third-order valence-corrected chi connectivity index (χ3v) is 4.18. The van der Waals surface area contributed by atoms with Crippen LogP contribution in [0.3, 0.4) is 0 Å². The minimum Gasteiger partial charge on any atom is -0.493 e. The molecule has 0 aliphatic carbocycles. The molecule has 0 saturated heterocycles. The third kappa shape index (κ3) is 2.85. The predicted molar refractivity (Wildman–Crippen MR) is 82.5 cm³/mol. The fourth-order valence-electron chi connectivity index (χ4n) is 2.09. The summed E-state index contributed by atoms with van der Waals surface area (Å²) in [6, 6.07) is 6.13. The lowest BCUT2D eigenvalue weighted by Gasteiger charge is -2.20. The lowest BCUT2D eigenvalue weighted by atomic mass is 10.0. The van der Waals surface area contributed by atoms with Crippen molar-refractivity contribution in [2.24, 2.45) is 7.05 Å². The van der Waals surface area contributed by atoms with Crippen molar-refractivity contribution in [3.8, 4) is 5.75 Å². The van der Waals surface area contributed by atoms with Crippen LogP contribution >= 0.6 is 31.9 Å². The van der Waals surface area contributed by atoms with Crippen molar-refractivity contribution < 1.29 is 4.74 Å². The van der Waals surface area contributed by atoms with Crippen molar-refractivity contribution in [2.45, 2.75) is 6.04 Å². The Morgan fingerprint density at radius 2 is 2.11 bits per heavy atom. The Morgan fingerprint density at radius 1 is 1.37 bits per heavy atom. The molecule has 6 heteroatoms. The lowest BCUT2D eigenvalue weighted by molar-refractivity contribution is 0.402. The Hall–Kier alpha value is -0.850. The molecule has 2 aromatic rings. The van der Waals surface area contributed by atoms with Gasteiger partial charge in [-0.1, -0.05) is 37.9 Å². The van der Waals surface area contributed by atoms with Gasteiger partial charge in [-0.15, -0.1) is 0 Å². The van der Waals surface area contributed by atoms with Gasteiger partial charge < -0.3 is 10.1 Å². The standard InChI is InChI=1S/C13H15Br2N3O/c1-16-12(9-5-4-8(14)6-10(9)15)13-11(19-3)7-17-18(13)2/h4-7,12,16H,1-3H3. The van der Waals surface area contributed by atoms with E-state index >= 15 is 0 Å². The van der Waals surface area contributed by atoms with Crippen LogP contribution in [0.2, 0.25) is 0 Å². The molecule has 1 atom stereocenters. The number of hydrogen-bond donors (Lipinski definition) is 1. The first kappa shape index (κ1) is 14.6. The molecule has 2 rings (SSSR count). The van der Waals surface area contributed by atoms with Gasteiger partial charge in [0.2, 0.25) is 0 Å². The van der Waals surface area contributed by atoms with Gasteiger partial charge in [-0.3, -0.25) is 4.68 Å². The quantitative estimate of drug-likeness (QED) is 0.873. The van der Waals surface area contributed by atoms with Crippen molar-refractivity contribution >= 4 is 31.9 Å². The highest BCUT2D eigenvalue weighted by atomic mass is 79.9. The van der Waals surface area contributed by atoms with E-state index in [1.807, 2.05) is 30.9 Å². The Kier molecular flexibility index (Phi) is 4.65. The Morgan fingerprint density at radius 3 is 2.68 bits per heavy atom. The zero-order chi connectivity index (χ0) is 14.0. The molecule has 0 aliphatic heterocycles. The van der Waals surface area contributed by atoms with Gasteiger partial charge in [-0.25, -0.2) is 0 Å². The highest BCUT2D eigenvalue weighted by Gasteiger charge is 2.22. The molecule has 102 valence electrons. The van der Waals surface area contributed by atoms with Crippen LogP contribution in [0.4, 0.5) is 0 Å². The third-order valence-electron chi connectivity index (χ3n) is 3.00. The van der Waals surface area contributed by atoms with Crippen LogP contribution in [0.5, 0.6) is 5.75 Å². The van der Waals surface area contributed by atoms with Crippen LogP contribution in [0.1, 0.15) is 17.3 Å². The number of nitrogens with one attached hydrogen (secondary N) is 1. The summed E-state index contributed by atoms with van der Waals surface area (Å²) in [6.45, 7) is 0. The smallest absolute Gasteiger partial charge is 0.161 e. The number of benzene rings is 1. The topological polar surface area (TPSA) is 39.1 Å². The molecular formula is C13H15Br2N3O. The summed E-state index contributed by atoms with van der Waals surface area (Å²) < 4.78 is 9.28. The average molecular weight is 389 g/mol. The SMILES string of the molecule is CNC(c1ccc(Br)cc1Br)c1c(OC)cnn1C. The normalized spacial score (nSPS) is 12.5. The molecular weight excluding hydrogens is 374 g/mol. The summed E-state index contributed by atoms with van der Waals surface area (Å²) in [5, 5.41) is 7.57. The molecule has 1 aromatic carbocycles. The van der Waals surface area contributed by atoms with Crippen LogP contribution in [0, 0.1) is 0 Å². The van der Waals surface area contributed by atoms with Gasteiger partial charge in [0.1, 0.15) is 5.69 Å². The monoisotopic (exact) mass is 387 g/mol. The summed E-state index contributed by atoms with van der Waals surface area (Å²) in [5.41, 5.74) is 2.13. The number of nitrogens with zero attached hydrogens (tertiary/aromatic N) is 2. The van der Waals surface area contributed by atoms with E-state index < -0.39 is 0 Å². The molecule has 0 amide bonds. The van der Waals surface area contributed by atoms with Crippen molar-refractivity contribution in [3.63, 3.8) is 0 Å². The number of methoxy groups -OCH3 is 1. The molecule has 1 aromatic heterocycles. The minimum absolute atomic E-state index is 0.00456. The van der Waals surface area contributed by atoms with Gasteiger partial charge in [0.15, 0.2) is 5.75 Å². The Bertz CT molecular complexity index is 583.